The van der Waals surface area contributed by atoms with Crippen LogP contribution in [0, 0.1) is 25.1 Å². The van der Waals surface area contributed by atoms with Crippen LogP contribution in [0.2, 0.25) is 0 Å². The zero-order chi connectivity index (χ0) is 41.5. The maximum Gasteiger partial charge on any atom is 0.265 e. The molecule has 15 heteroatoms. The fraction of sp³-hybridized carbons (Fsp3) is 0.390. The lowest BCUT2D eigenvalue weighted by molar-refractivity contribution is -0.128. The van der Waals surface area contributed by atoms with E-state index < -0.39 is 22.5 Å². The van der Waals surface area contributed by atoms with Gasteiger partial charge in [-0.3, -0.25) is 33.8 Å². The van der Waals surface area contributed by atoms with E-state index in [0.29, 0.717) is 43.7 Å². The number of benzene rings is 2. The van der Waals surface area contributed by atoms with Crippen molar-refractivity contribution in [2.24, 2.45) is 0 Å². The molecule has 0 N–H and O–H groups in total. The number of anilines is 3. The number of rotatable bonds is 13. The summed E-state index contributed by atoms with van der Waals surface area (Å²) < 4.78 is 25.3. The van der Waals surface area contributed by atoms with E-state index in [0.717, 1.165) is 47.0 Å². The SMILES string of the molecule is C#CCN1C(=O)COc2cc(F)c(N3C(=O)C4=C(CCCC4)C3=O)cc21.C=CCN(CC=C)C(=O)C(Cl)Cl.CCOCN(C(=O)CCl)c1c(C)cccc1CC. The zero-order valence-corrected chi connectivity index (χ0v) is 34.0. The topological polar surface area (TPSA) is 117 Å². The zero-order valence-electron chi connectivity index (χ0n) is 31.8. The van der Waals surface area contributed by atoms with Gasteiger partial charge in [-0.05, 0) is 63.1 Å². The van der Waals surface area contributed by atoms with E-state index in [1.807, 2.05) is 32.0 Å². The molecule has 0 saturated carbocycles. The monoisotopic (exact) mass is 830 g/mol. The molecule has 5 rings (SSSR count). The van der Waals surface area contributed by atoms with E-state index in [1.165, 1.54) is 15.9 Å². The predicted molar refractivity (Wildman–Crippen MR) is 219 cm³/mol. The molecule has 300 valence electrons. The van der Waals surface area contributed by atoms with Crippen LogP contribution in [-0.2, 0) is 35.1 Å². The highest BCUT2D eigenvalue weighted by Gasteiger charge is 2.41. The Morgan fingerprint density at radius 2 is 1.68 bits per heavy atom. The standard InChI is InChI=1S/C19H15FN2O4.C14H20ClNO2.C8H11Cl2NO/c1-2-7-21-15-9-14(13(20)8-16(15)26-10-17(21)23)22-18(24)11-5-3-4-6-12(11)19(22)25;1-4-12-8-6-7-11(3)14(12)16(10-18-5-2)13(17)9-15;1-3-5-11(6-4-2)8(12)7(9)10/h1,8-9H,3-7,10H2;6-8H,4-5,9-10H2,1-3H3;3-4,7H,1-2,5-6H2. The third kappa shape index (κ3) is 11.0. The molecule has 1 aliphatic carbocycles. The Hall–Kier alpha value is -4.67. The Labute approximate surface area is 342 Å². The summed E-state index contributed by atoms with van der Waals surface area (Å²) in [5.41, 5.74) is 4.12. The van der Waals surface area contributed by atoms with Crippen molar-refractivity contribution in [2.75, 3.05) is 60.2 Å². The summed E-state index contributed by atoms with van der Waals surface area (Å²) in [6, 6.07) is 8.39. The number of imide groups is 1. The van der Waals surface area contributed by atoms with E-state index in [1.54, 1.807) is 17.1 Å². The number of aryl methyl sites for hydroxylation is 2. The quantitative estimate of drug-likeness (QED) is 0.0699. The number of para-hydroxylation sites is 1. The van der Waals surface area contributed by atoms with Gasteiger partial charge < -0.3 is 14.4 Å². The van der Waals surface area contributed by atoms with Crippen molar-refractivity contribution in [1.29, 1.82) is 0 Å². The summed E-state index contributed by atoms with van der Waals surface area (Å²) in [6.07, 6.45) is 12.1. The minimum atomic E-state index is -1.01. The average Bonchev–Trinajstić information content (AvgIpc) is 3.44. The lowest BCUT2D eigenvalue weighted by Crippen LogP contribution is -2.39. The van der Waals surface area contributed by atoms with Crippen LogP contribution in [0.3, 0.4) is 0 Å². The molecule has 5 amide bonds. The molecular formula is C41H46Cl3FN4O7. The van der Waals surface area contributed by atoms with Crippen LogP contribution in [0.1, 0.15) is 50.7 Å². The van der Waals surface area contributed by atoms with Gasteiger partial charge in [-0.1, -0.05) is 66.4 Å². The first kappa shape index (κ1) is 45.7. The van der Waals surface area contributed by atoms with E-state index in [-0.39, 0.29) is 60.6 Å². The number of fused-ring (bicyclic) bond motifs is 1. The lowest BCUT2D eigenvalue weighted by atomic mass is 9.93. The maximum absolute atomic E-state index is 14.7. The third-order valence-corrected chi connectivity index (χ3v) is 9.46. The second-order valence-electron chi connectivity index (χ2n) is 12.5. The Balaban J connectivity index is 0.000000245. The van der Waals surface area contributed by atoms with Crippen molar-refractivity contribution < 1.29 is 37.8 Å². The first-order valence-electron chi connectivity index (χ1n) is 17.9. The average molecular weight is 832 g/mol. The van der Waals surface area contributed by atoms with Gasteiger partial charge in [0.2, 0.25) is 5.91 Å². The van der Waals surface area contributed by atoms with Crippen LogP contribution in [0.4, 0.5) is 21.5 Å². The van der Waals surface area contributed by atoms with E-state index in [9.17, 15) is 28.4 Å². The molecule has 0 radical (unpaired) electrons. The first-order valence-corrected chi connectivity index (χ1v) is 19.3. The van der Waals surface area contributed by atoms with Gasteiger partial charge in [0.05, 0.1) is 23.6 Å². The number of amides is 5. The Bertz CT molecular complexity index is 1860. The number of nitrogens with zero attached hydrogens (tertiary/aromatic N) is 4. The van der Waals surface area contributed by atoms with E-state index in [4.69, 9.17) is 50.7 Å². The molecule has 0 aromatic heterocycles. The fourth-order valence-corrected chi connectivity index (χ4v) is 6.64. The van der Waals surface area contributed by atoms with Gasteiger partial charge in [0, 0.05) is 36.9 Å². The smallest absolute Gasteiger partial charge is 0.265 e. The summed E-state index contributed by atoms with van der Waals surface area (Å²) in [7, 11) is 0. The molecule has 3 aliphatic rings. The van der Waals surface area contributed by atoms with Crippen LogP contribution >= 0.6 is 34.8 Å². The van der Waals surface area contributed by atoms with E-state index >= 15 is 0 Å². The molecule has 2 aliphatic heterocycles. The lowest BCUT2D eigenvalue weighted by Gasteiger charge is -2.29. The van der Waals surface area contributed by atoms with Gasteiger partial charge in [0.15, 0.2) is 17.3 Å². The van der Waals surface area contributed by atoms with Gasteiger partial charge in [0.1, 0.15) is 18.4 Å². The molecule has 2 aromatic carbocycles. The largest absolute Gasteiger partial charge is 0.481 e. The molecule has 2 heterocycles. The Morgan fingerprint density at radius 1 is 1.05 bits per heavy atom. The third-order valence-electron chi connectivity index (χ3n) is 8.86. The molecule has 2 aromatic rings. The van der Waals surface area contributed by atoms with Crippen molar-refractivity contribution >= 4 is 81.4 Å². The first-order chi connectivity index (χ1) is 26.8. The van der Waals surface area contributed by atoms with E-state index in [2.05, 4.69) is 26.0 Å². The predicted octanol–water partition coefficient (Wildman–Crippen LogP) is 7.04. The van der Waals surface area contributed by atoms with Gasteiger partial charge >= 0.3 is 0 Å². The number of hydrogen-bond donors (Lipinski definition) is 0. The van der Waals surface area contributed by atoms with Crippen molar-refractivity contribution in [3.8, 4) is 18.1 Å². The van der Waals surface area contributed by atoms with Crippen LogP contribution in [-0.4, -0.2) is 84.7 Å². The fourth-order valence-electron chi connectivity index (χ4n) is 6.22. The second-order valence-corrected chi connectivity index (χ2v) is 13.9. The van der Waals surface area contributed by atoms with Crippen molar-refractivity contribution in [3.05, 3.63) is 83.7 Å². The molecule has 56 heavy (non-hydrogen) atoms. The van der Waals surface area contributed by atoms with Crippen LogP contribution in [0.25, 0.3) is 0 Å². The number of terminal acetylenes is 1. The normalized spacial score (nSPS) is 14.4. The molecular weight excluding hydrogens is 786 g/mol. The summed E-state index contributed by atoms with van der Waals surface area (Å²) in [4.78, 5) is 64.8. The summed E-state index contributed by atoms with van der Waals surface area (Å²) in [5, 5.41) is 0. The molecule has 0 fully saturated rings. The van der Waals surface area contributed by atoms with Crippen molar-refractivity contribution in [2.45, 2.75) is 57.7 Å². The Morgan fingerprint density at radius 3 is 2.20 bits per heavy atom. The van der Waals surface area contributed by atoms with Gasteiger partial charge in [-0.25, -0.2) is 9.29 Å². The maximum atomic E-state index is 14.7. The second kappa shape index (κ2) is 22.2. The highest BCUT2D eigenvalue weighted by atomic mass is 35.5. The summed E-state index contributed by atoms with van der Waals surface area (Å²) in [6.45, 7) is 14.4. The number of ether oxygens (including phenoxy) is 2. The van der Waals surface area contributed by atoms with Crippen LogP contribution in [0.15, 0.2) is 66.8 Å². The van der Waals surface area contributed by atoms with Gasteiger partial charge in [-0.2, -0.15) is 0 Å². The number of alkyl halides is 3. The molecule has 0 bridgehead atoms. The minimum absolute atomic E-state index is 0.0170. The minimum Gasteiger partial charge on any atom is -0.481 e. The molecule has 0 spiro atoms. The molecule has 0 unspecified atom stereocenters. The Kier molecular flexibility index (Phi) is 18.1. The van der Waals surface area contributed by atoms with Crippen LogP contribution < -0.4 is 19.4 Å². The van der Waals surface area contributed by atoms with Gasteiger partial charge in [0.25, 0.3) is 23.6 Å². The number of hydrogen-bond acceptors (Lipinski definition) is 7. The molecule has 11 nitrogen and oxygen atoms in total. The van der Waals surface area contributed by atoms with Crippen molar-refractivity contribution in [1.82, 2.24) is 4.90 Å². The molecule has 0 saturated heterocycles. The summed E-state index contributed by atoms with van der Waals surface area (Å²) in [5.74, 6) is -0.0830. The van der Waals surface area contributed by atoms with Crippen molar-refractivity contribution in [3.63, 3.8) is 0 Å². The highest BCUT2D eigenvalue weighted by molar-refractivity contribution is 6.53. The van der Waals surface area contributed by atoms with Gasteiger partial charge in [-0.15, -0.1) is 31.2 Å². The number of carbonyl (C=O) groups excluding carboxylic acids is 5. The molecule has 0 atom stereocenters. The number of carbonyl (C=O) groups is 5. The van der Waals surface area contributed by atoms with Crippen LogP contribution in [0.5, 0.6) is 5.75 Å². The highest BCUT2D eigenvalue weighted by Crippen LogP contribution is 2.41. The summed E-state index contributed by atoms with van der Waals surface area (Å²) >= 11 is 16.5. The number of halogens is 4.